The molecule has 1 N–H and O–H groups in total. The Labute approximate surface area is 142 Å². The molecule has 1 aliphatic heterocycles. The SMILES string of the molecule is C[C@@]12CCC[C@H]1[C@@H]1C[C@H]3OC[C@@]4(CC[C@H](O)C[C@@]34Br)[C@H]1CC2. The monoisotopic (exact) mass is 368 g/mol. The van der Waals surface area contributed by atoms with Gasteiger partial charge >= 0.3 is 0 Å². The Morgan fingerprint density at radius 1 is 1.09 bits per heavy atom. The molecular formula is C19H29BrO2. The summed E-state index contributed by atoms with van der Waals surface area (Å²) in [4.78, 5) is 0. The molecule has 3 heteroatoms. The van der Waals surface area contributed by atoms with Crippen LogP contribution in [0.5, 0.6) is 0 Å². The molecule has 5 fully saturated rings. The molecule has 5 aliphatic rings. The molecular weight excluding hydrogens is 340 g/mol. The molecule has 2 bridgehead atoms. The Kier molecular flexibility index (Phi) is 3.02. The van der Waals surface area contributed by atoms with E-state index in [0.29, 0.717) is 16.9 Å². The van der Waals surface area contributed by atoms with E-state index < -0.39 is 0 Å². The van der Waals surface area contributed by atoms with E-state index in [9.17, 15) is 5.11 Å². The lowest BCUT2D eigenvalue weighted by atomic mass is 9.45. The molecule has 0 spiro atoms. The average molecular weight is 369 g/mol. The Bertz CT molecular complexity index is 496. The van der Waals surface area contributed by atoms with E-state index in [1.54, 1.807) is 0 Å². The van der Waals surface area contributed by atoms with Gasteiger partial charge in [-0.15, -0.1) is 0 Å². The summed E-state index contributed by atoms with van der Waals surface area (Å²) in [5, 5.41) is 10.3. The largest absolute Gasteiger partial charge is 0.393 e. The first-order valence-corrected chi connectivity index (χ1v) is 10.3. The Hall–Kier alpha value is 0.400. The second-order valence-corrected chi connectivity index (χ2v) is 10.8. The third kappa shape index (κ3) is 1.59. The number of hydrogen-bond acceptors (Lipinski definition) is 2. The van der Waals surface area contributed by atoms with Gasteiger partial charge in [0.2, 0.25) is 0 Å². The minimum atomic E-state index is -0.131. The summed E-state index contributed by atoms with van der Waals surface area (Å²) >= 11 is 4.16. The molecule has 5 rings (SSSR count). The van der Waals surface area contributed by atoms with Gasteiger partial charge in [-0.2, -0.15) is 0 Å². The highest BCUT2D eigenvalue weighted by atomic mass is 79.9. The smallest absolute Gasteiger partial charge is 0.0738 e. The van der Waals surface area contributed by atoms with Crippen LogP contribution in [0.3, 0.4) is 0 Å². The maximum Gasteiger partial charge on any atom is 0.0738 e. The molecule has 4 aliphatic carbocycles. The van der Waals surface area contributed by atoms with Gasteiger partial charge in [-0.3, -0.25) is 0 Å². The fourth-order valence-electron chi connectivity index (χ4n) is 7.70. The van der Waals surface area contributed by atoms with Crippen molar-refractivity contribution in [3.8, 4) is 0 Å². The molecule has 0 aromatic carbocycles. The van der Waals surface area contributed by atoms with Gasteiger partial charge in [-0.1, -0.05) is 29.3 Å². The Morgan fingerprint density at radius 3 is 2.82 bits per heavy atom. The van der Waals surface area contributed by atoms with E-state index in [1.807, 2.05) is 0 Å². The minimum Gasteiger partial charge on any atom is -0.393 e. The van der Waals surface area contributed by atoms with Crippen LogP contribution in [0.2, 0.25) is 0 Å². The normalized spacial score (nSPS) is 63.1. The van der Waals surface area contributed by atoms with E-state index in [0.717, 1.165) is 37.2 Å². The Morgan fingerprint density at radius 2 is 1.95 bits per heavy atom. The first kappa shape index (κ1) is 14.7. The van der Waals surface area contributed by atoms with E-state index in [2.05, 4.69) is 22.9 Å². The summed E-state index contributed by atoms with van der Waals surface area (Å²) < 4.78 is 6.44. The lowest BCUT2D eigenvalue weighted by Crippen LogP contribution is -2.63. The second kappa shape index (κ2) is 4.52. The molecule has 0 amide bonds. The van der Waals surface area contributed by atoms with E-state index in [1.165, 1.54) is 44.9 Å². The van der Waals surface area contributed by atoms with Crippen molar-refractivity contribution in [2.75, 3.05) is 6.61 Å². The third-order valence-corrected chi connectivity index (χ3v) is 10.4. The molecule has 0 unspecified atom stereocenters. The van der Waals surface area contributed by atoms with Gasteiger partial charge in [0.15, 0.2) is 0 Å². The zero-order chi connectivity index (χ0) is 15.2. The van der Waals surface area contributed by atoms with Crippen LogP contribution in [0.1, 0.15) is 64.7 Å². The zero-order valence-corrected chi connectivity index (χ0v) is 15.3. The van der Waals surface area contributed by atoms with Crippen molar-refractivity contribution in [2.24, 2.45) is 28.6 Å². The van der Waals surface area contributed by atoms with Gasteiger partial charge in [0, 0.05) is 5.41 Å². The van der Waals surface area contributed by atoms with Crippen molar-refractivity contribution in [2.45, 2.75) is 81.2 Å². The van der Waals surface area contributed by atoms with Gasteiger partial charge in [-0.05, 0) is 74.5 Å². The molecule has 8 atom stereocenters. The predicted octanol–water partition coefficient (Wildman–Crippen LogP) is 4.29. The van der Waals surface area contributed by atoms with Crippen molar-refractivity contribution in [3.05, 3.63) is 0 Å². The molecule has 124 valence electrons. The number of aliphatic hydroxyl groups excluding tert-OH is 1. The average Bonchev–Trinajstić information content (AvgIpc) is 2.93. The van der Waals surface area contributed by atoms with Crippen LogP contribution in [-0.4, -0.2) is 28.2 Å². The summed E-state index contributed by atoms with van der Waals surface area (Å²) in [5.41, 5.74) is 0.932. The second-order valence-electron chi connectivity index (χ2n) is 9.41. The third-order valence-electron chi connectivity index (χ3n) is 8.75. The molecule has 1 saturated heterocycles. The lowest BCUT2D eigenvalue weighted by Gasteiger charge is -2.62. The first-order valence-electron chi connectivity index (χ1n) is 9.47. The van der Waals surface area contributed by atoms with E-state index in [4.69, 9.17) is 4.74 Å². The van der Waals surface area contributed by atoms with Crippen molar-refractivity contribution in [1.82, 2.24) is 0 Å². The zero-order valence-electron chi connectivity index (χ0n) is 13.7. The van der Waals surface area contributed by atoms with Gasteiger partial charge in [0.1, 0.15) is 0 Å². The van der Waals surface area contributed by atoms with Gasteiger partial charge in [0.05, 0.1) is 23.1 Å². The maximum absolute atomic E-state index is 10.3. The number of ether oxygens (including phenoxy) is 1. The highest BCUT2D eigenvalue weighted by Gasteiger charge is 2.71. The van der Waals surface area contributed by atoms with Crippen LogP contribution in [-0.2, 0) is 4.74 Å². The molecule has 22 heavy (non-hydrogen) atoms. The highest BCUT2D eigenvalue weighted by Crippen LogP contribution is 2.72. The standard InChI is InChI=1S/C19H29BrO2/c1-17-6-2-3-14(17)13-9-16-19(20)10-12(21)4-8-18(19,11-22-16)15(13)5-7-17/h12-16,21H,2-11H2,1H3/t12-,13-,14-,15-,16+,17-,18-,19+/m0/s1. The van der Waals surface area contributed by atoms with Crippen molar-refractivity contribution < 1.29 is 9.84 Å². The van der Waals surface area contributed by atoms with Crippen LogP contribution in [0.4, 0.5) is 0 Å². The molecule has 0 aromatic rings. The van der Waals surface area contributed by atoms with E-state index in [-0.39, 0.29) is 10.4 Å². The fraction of sp³-hybridized carbons (Fsp3) is 1.00. The quantitative estimate of drug-likeness (QED) is 0.646. The van der Waals surface area contributed by atoms with Crippen LogP contribution in [0, 0.1) is 28.6 Å². The molecule has 2 nitrogen and oxygen atoms in total. The van der Waals surface area contributed by atoms with Crippen LogP contribution < -0.4 is 0 Å². The van der Waals surface area contributed by atoms with Crippen LogP contribution in [0.15, 0.2) is 0 Å². The van der Waals surface area contributed by atoms with Gasteiger partial charge in [0.25, 0.3) is 0 Å². The minimum absolute atomic E-state index is 0.0607. The topological polar surface area (TPSA) is 29.5 Å². The number of fused-ring (bicyclic) bond motifs is 3. The Balaban J connectivity index is 1.56. The van der Waals surface area contributed by atoms with Crippen molar-refractivity contribution >= 4 is 15.9 Å². The van der Waals surface area contributed by atoms with Crippen LogP contribution in [0.25, 0.3) is 0 Å². The van der Waals surface area contributed by atoms with Crippen molar-refractivity contribution in [3.63, 3.8) is 0 Å². The fourth-order valence-corrected chi connectivity index (χ4v) is 9.00. The lowest BCUT2D eigenvalue weighted by molar-refractivity contribution is -0.0941. The summed E-state index contributed by atoms with van der Waals surface area (Å²) in [6, 6.07) is 0. The number of rotatable bonds is 0. The molecule has 0 aromatic heterocycles. The number of alkyl halides is 1. The first-order chi connectivity index (χ1) is 10.5. The van der Waals surface area contributed by atoms with E-state index >= 15 is 0 Å². The highest BCUT2D eigenvalue weighted by molar-refractivity contribution is 9.10. The van der Waals surface area contributed by atoms with Gasteiger partial charge in [-0.25, -0.2) is 0 Å². The number of hydrogen-bond donors (Lipinski definition) is 1. The molecule has 1 heterocycles. The molecule has 0 radical (unpaired) electrons. The summed E-state index contributed by atoms with van der Waals surface area (Å²) in [7, 11) is 0. The van der Waals surface area contributed by atoms with Crippen LogP contribution >= 0.6 is 15.9 Å². The summed E-state index contributed by atoms with van der Waals surface area (Å²) in [5.74, 6) is 2.65. The predicted molar refractivity (Wildman–Crippen MR) is 90.0 cm³/mol. The molecule has 4 saturated carbocycles. The summed E-state index contributed by atoms with van der Waals surface area (Å²) in [6.07, 6.45) is 11.7. The number of aliphatic hydroxyl groups is 1. The number of halogens is 1. The maximum atomic E-state index is 10.3. The summed E-state index contributed by atoms with van der Waals surface area (Å²) in [6.45, 7) is 3.52. The van der Waals surface area contributed by atoms with Gasteiger partial charge < -0.3 is 9.84 Å². The van der Waals surface area contributed by atoms with Crippen molar-refractivity contribution in [1.29, 1.82) is 0 Å².